The van der Waals surface area contributed by atoms with E-state index in [1.165, 1.54) is 31.4 Å². The number of piperidine rings is 1. The van der Waals surface area contributed by atoms with Gasteiger partial charge in [-0.25, -0.2) is 0 Å². The summed E-state index contributed by atoms with van der Waals surface area (Å²) in [5, 5.41) is 0. The van der Waals surface area contributed by atoms with Crippen LogP contribution >= 0.6 is 0 Å². The van der Waals surface area contributed by atoms with Gasteiger partial charge in [-0.1, -0.05) is 30.3 Å². The first kappa shape index (κ1) is 9.37. The van der Waals surface area contributed by atoms with E-state index in [0.29, 0.717) is 12.3 Å². The SMILES string of the molecule is c1ccc(C2COC3CCCCN32)cc1. The van der Waals surface area contributed by atoms with Crippen molar-refractivity contribution in [3.63, 3.8) is 0 Å². The van der Waals surface area contributed by atoms with Crippen LogP contribution in [0.5, 0.6) is 0 Å². The number of benzene rings is 1. The standard InChI is InChI=1S/C13H17NO/c1-2-6-11(7-3-1)12-10-15-13-8-4-5-9-14(12)13/h1-3,6-7,12-13H,4-5,8-10H2. The number of ether oxygens (including phenoxy) is 1. The van der Waals surface area contributed by atoms with Gasteiger partial charge >= 0.3 is 0 Å². The van der Waals surface area contributed by atoms with E-state index in [2.05, 4.69) is 35.2 Å². The summed E-state index contributed by atoms with van der Waals surface area (Å²) in [6.45, 7) is 2.07. The molecule has 0 amide bonds. The average Bonchev–Trinajstić information content (AvgIpc) is 2.74. The molecule has 0 bridgehead atoms. The van der Waals surface area contributed by atoms with E-state index in [1.807, 2.05) is 0 Å². The highest BCUT2D eigenvalue weighted by Crippen LogP contribution is 2.34. The smallest absolute Gasteiger partial charge is 0.111 e. The van der Waals surface area contributed by atoms with Gasteiger partial charge in [0.05, 0.1) is 12.6 Å². The second-order valence-electron chi connectivity index (χ2n) is 4.45. The van der Waals surface area contributed by atoms with Gasteiger partial charge in [0, 0.05) is 6.54 Å². The summed E-state index contributed by atoms with van der Waals surface area (Å²) < 4.78 is 5.85. The number of rotatable bonds is 1. The molecule has 0 aliphatic carbocycles. The van der Waals surface area contributed by atoms with Crippen molar-refractivity contribution in [3.05, 3.63) is 35.9 Å². The van der Waals surface area contributed by atoms with Gasteiger partial charge < -0.3 is 4.74 Å². The van der Waals surface area contributed by atoms with Crippen LogP contribution in [0, 0.1) is 0 Å². The first-order valence-corrected chi connectivity index (χ1v) is 5.87. The lowest BCUT2D eigenvalue weighted by atomic mass is 10.0. The average molecular weight is 203 g/mol. The van der Waals surface area contributed by atoms with Crippen LogP contribution in [0.2, 0.25) is 0 Å². The van der Waals surface area contributed by atoms with E-state index in [0.717, 1.165) is 6.61 Å². The monoisotopic (exact) mass is 203 g/mol. The highest BCUT2D eigenvalue weighted by molar-refractivity contribution is 5.20. The molecule has 1 aromatic rings. The highest BCUT2D eigenvalue weighted by atomic mass is 16.5. The Morgan fingerprint density at radius 1 is 1.13 bits per heavy atom. The molecule has 2 nitrogen and oxygen atoms in total. The molecule has 3 rings (SSSR count). The molecule has 2 unspecified atom stereocenters. The van der Waals surface area contributed by atoms with Crippen LogP contribution in [0.3, 0.4) is 0 Å². The summed E-state index contributed by atoms with van der Waals surface area (Å²) >= 11 is 0. The molecular formula is C13H17NO. The van der Waals surface area contributed by atoms with Crippen molar-refractivity contribution in [3.8, 4) is 0 Å². The number of hydrogen-bond acceptors (Lipinski definition) is 2. The van der Waals surface area contributed by atoms with Crippen molar-refractivity contribution < 1.29 is 4.74 Å². The van der Waals surface area contributed by atoms with Gasteiger partial charge in [0.2, 0.25) is 0 Å². The van der Waals surface area contributed by atoms with Crippen molar-refractivity contribution in [2.75, 3.05) is 13.2 Å². The van der Waals surface area contributed by atoms with Crippen LogP contribution in [0.25, 0.3) is 0 Å². The molecule has 1 aromatic carbocycles. The van der Waals surface area contributed by atoms with Crippen LogP contribution in [0.4, 0.5) is 0 Å². The Kier molecular flexibility index (Phi) is 2.47. The second kappa shape index (κ2) is 3.95. The molecule has 80 valence electrons. The molecule has 15 heavy (non-hydrogen) atoms. The molecular weight excluding hydrogens is 186 g/mol. The van der Waals surface area contributed by atoms with Gasteiger partial charge in [0.25, 0.3) is 0 Å². The second-order valence-corrected chi connectivity index (χ2v) is 4.45. The fraction of sp³-hybridized carbons (Fsp3) is 0.538. The summed E-state index contributed by atoms with van der Waals surface area (Å²) in [4.78, 5) is 2.53. The van der Waals surface area contributed by atoms with Gasteiger partial charge in [-0.15, -0.1) is 0 Å². The first-order valence-electron chi connectivity index (χ1n) is 5.87. The van der Waals surface area contributed by atoms with Gasteiger partial charge in [0.1, 0.15) is 6.23 Å². The van der Waals surface area contributed by atoms with Crippen molar-refractivity contribution >= 4 is 0 Å². The molecule has 2 aliphatic heterocycles. The van der Waals surface area contributed by atoms with Crippen molar-refractivity contribution in [1.29, 1.82) is 0 Å². The topological polar surface area (TPSA) is 12.5 Å². The molecule has 2 heterocycles. The molecule has 2 fully saturated rings. The highest BCUT2D eigenvalue weighted by Gasteiger charge is 2.36. The van der Waals surface area contributed by atoms with Crippen molar-refractivity contribution in [2.24, 2.45) is 0 Å². The zero-order valence-electron chi connectivity index (χ0n) is 8.93. The molecule has 2 aliphatic rings. The molecule has 0 spiro atoms. The number of hydrogen-bond donors (Lipinski definition) is 0. The first-order chi connectivity index (χ1) is 7.45. The molecule has 0 N–H and O–H groups in total. The van der Waals surface area contributed by atoms with Gasteiger partial charge in [-0.05, 0) is 24.8 Å². The minimum absolute atomic E-state index is 0.393. The maximum absolute atomic E-state index is 5.85. The molecule has 0 aromatic heterocycles. The quantitative estimate of drug-likeness (QED) is 0.695. The Labute approximate surface area is 90.8 Å². The van der Waals surface area contributed by atoms with Crippen LogP contribution in [-0.2, 0) is 4.74 Å². The van der Waals surface area contributed by atoms with Crippen molar-refractivity contribution in [2.45, 2.75) is 31.5 Å². The fourth-order valence-electron chi connectivity index (χ4n) is 2.72. The Morgan fingerprint density at radius 2 is 2.00 bits per heavy atom. The van der Waals surface area contributed by atoms with E-state index in [9.17, 15) is 0 Å². The molecule has 0 radical (unpaired) electrons. The largest absolute Gasteiger partial charge is 0.361 e. The van der Waals surface area contributed by atoms with Crippen LogP contribution in [0.1, 0.15) is 30.9 Å². The van der Waals surface area contributed by atoms with E-state index < -0.39 is 0 Å². The third-order valence-electron chi connectivity index (χ3n) is 3.52. The normalized spacial score (nSPS) is 31.5. The minimum Gasteiger partial charge on any atom is -0.361 e. The van der Waals surface area contributed by atoms with Gasteiger partial charge in [-0.2, -0.15) is 0 Å². The predicted octanol–water partition coefficient (Wildman–Crippen LogP) is 2.57. The zero-order valence-corrected chi connectivity index (χ0v) is 8.93. The minimum atomic E-state index is 0.393. The van der Waals surface area contributed by atoms with Crippen LogP contribution in [-0.4, -0.2) is 24.3 Å². The van der Waals surface area contributed by atoms with E-state index in [4.69, 9.17) is 4.74 Å². The summed E-state index contributed by atoms with van der Waals surface area (Å²) in [6, 6.07) is 11.2. The Hall–Kier alpha value is -0.860. The van der Waals surface area contributed by atoms with E-state index in [-0.39, 0.29) is 0 Å². The lowest BCUT2D eigenvalue weighted by Gasteiger charge is -2.31. The lowest BCUT2D eigenvalue weighted by Crippen LogP contribution is -2.36. The van der Waals surface area contributed by atoms with E-state index >= 15 is 0 Å². The molecule has 2 atom stereocenters. The number of nitrogens with zero attached hydrogens (tertiary/aromatic N) is 1. The Morgan fingerprint density at radius 3 is 2.87 bits per heavy atom. The van der Waals surface area contributed by atoms with Gasteiger partial charge in [-0.3, -0.25) is 4.90 Å². The Balaban J connectivity index is 1.82. The predicted molar refractivity (Wildman–Crippen MR) is 59.5 cm³/mol. The number of fused-ring (bicyclic) bond motifs is 1. The molecule has 0 saturated carbocycles. The maximum Gasteiger partial charge on any atom is 0.111 e. The third-order valence-corrected chi connectivity index (χ3v) is 3.52. The Bertz CT molecular complexity index is 325. The van der Waals surface area contributed by atoms with Crippen LogP contribution < -0.4 is 0 Å². The summed E-state index contributed by atoms with van der Waals surface area (Å²) in [5.41, 5.74) is 1.40. The van der Waals surface area contributed by atoms with Crippen molar-refractivity contribution in [1.82, 2.24) is 4.90 Å². The lowest BCUT2D eigenvalue weighted by molar-refractivity contribution is 0.00393. The maximum atomic E-state index is 5.85. The van der Waals surface area contributed by atoms with Crippen LogP contribution in [0.15, 0.2) is 30.3 Å². The summed E-state index contributed by atoms with van der Waals surface area (Å²) in [6.07, 6.45) is 4.25. The molecule has 2 heteroatoms. The van der Waals surface area contributed by atoms with Gasteiger partial charge in [0.15, 0.2) is 0 Å². The molecule has 2 saturated heterocycles. The van der Waals surface area contributed by atoms with E-state index in [1.54, 1.807) is 0 Å². The summed E-state index contributed by atoms with van der Waals surface area (Å²) in [7, 11) is 0. The zero-order chi connectivity index (χ0) is 10.1. The third kappa shape index (κ3) is 1.68. The fourth-order valence-corrected chi connectivity index (χ4v) is 2.72. The summed E-state index contributed by atoms with van der Waals surface area (Å²) in [5.74, 6) is 0.